The molecule has 0 aliphatic heterocycles. The summed E-state index contributed by atoms with van der Waals surface area (Å²) in [7, 11) is 2.43. The Morgan fingerprint density at radius 3 is 1.60 bits per heavy atom. The molecule has 10 heavy (non-hydrogen) atoms. The van der Waals surface area contributed by atoms with Gasteiger partial charge in [-0.15, -0.1) is 0 Å². The molecule has 5 heteroatoms. The predicted molar refractivity (Wildman–Crippen MR) is 37.2 cm³/mol. The third-order valence-corrected chi connectivity index (χ3v) is 0.744. The van der Waals surface area contributed by atoms with E-state index in [1.807, 2.05) is 0 Å². The van der Waals surface area contributed by atoms with Crippen molar-refractivity contribution >= 4 is 49.7 Å². The Bertz CT molecular complexity index is 109. The van der Waals surface area contributed by atoms with Crippen LogP contribution in [0.25, 0.3) is 0 Å². The minimum atomic E-state index is -0.582. The molecule has 0 bridgehead atoms. The van der Waals surface area contributed by atoms with E-state index in [0.717, 1.165) is 0 Å². The van der Waals surface area contributed by atoms with Gasteiger partial charge in [-0.3, -0.25) is 9.59 Å². The van der Waals surface area contributed by atoms with Crippen LogP contribution in [0.4, 0.5) is 0 Å². The molecule has 0 aromatic heterocycles. The average Bonchev–Trinajstić information content (AvgIpc) is 1.87. The van der Waals surface area contributed by atoms with Gasteiger partial charge in [0.05, 0.1) is 14.2 Å². The Kier molecular flexibility index (Phi) is 9.38. The summed E-state index contributed by atoms with van der Waals surface area (Å²) in [4.78, 5) is 20.5. The Morgan fingerprint density at radius 1 is 1.10 bits per heavy atom. The fraction of sp³-hybridized carbons (Fsp3) is 0.600. The molecule has 0 N–H and O–H groups in total. The number of rotatable bonds is 2. The number of esters is 2. The van der Waals surface area contributed by atoms with Crippen LogP contribution >= 0.6 is 0 Å². The molecule has 0 rings (SSSR count). The van der Waals surface area contributed by atoms with Gasteiger partial charge in [0, 0.05) is 0 Å². The molecule has 4 nitrogen and oxygen atoms in total. The molecule has 0 radical (unpaired) electrons. The summed E-state index contributed by atoms with van der Waals surface area (Å²) in [5.74, 6) is -1.16. The molecule has 0 aromatic carbocycles. The van der Waals surface area contributed by atoms with Gasteiger partial charge >= 0.3 is 49.7 Å². The number of ether oxygens (including phenoxy) is 2. The molecule has 0 saturated heterocycles. The van der Waals surface area contributed by atoms with E-state index in [1.165, 1.54) is 14.2 Å². The number of hydrogen-bond donors (Lipinski definition) is 0. The summed E-state index contributed by atoms with van der Waals surface area (Å²) in [6.45, 7) is 0. The monoisotopic (exact) mass is 174 g/mol. The maximum absolute atomic E-state index is 10.3. The number of methoxy groups -OCH3 is 2. The zero-order chi connectivity index (χ0) is 7.28. The van der Waals surface area contributed by atoms with Crippen molar-refractivity contribution in [3.63, 3.8) is 0 Å². The molecule has 0 aliphatic carbocycles. The van der Waals surface area contributed by atoms with Crippen LogP contribution in [0, 0.1) is 0 Å². The van der Waals surface area contributed by atoms with Crippen LogP contribution in [0.1, 0.15) is 6.42 Å². The first-order valence-corrected chi connectivity index (χ1v) is 2.34. The van der Waals surface area contributed by atoms with E-state index < -0.39 is 11.9 Å². The summed E-state index contributed by atoms with van der Waals surface area (Å²) < 4.78 is 8.37. The standard InChI is InChI=1S/C5H8O4.Ca.2H/c1-8-4(6)3-5(7)9-2;;;/h3H2,1-2H3;;;. The molecule has 0 heterocycles. The van der Waals surface area contributed by atoms with E-state index in [4.69, 9.17) is 0 Å². The molecule has 0 aliphatic rings. The van der Waals surface area contributed by atoms with Crippen molar-refractivity contribution in [3.05, 3.63) is 0 Å². The van der Waals surface area contributed by atoms with E-state index in [-0.39, 0.29) is 44.2 Å². The van der Waals surface area contributed by atoms with Gasteiger partial charge in [-0.25, -0.2) is 0 Å². The first kappa shape index (κ1) is 12.8. The second-order valence-corrected chi connectivity index (χ2v) is 1.33. The molecule has 0 amide bonds. The third-order valence-electron chi connectivity index (χ3n) is 0.744. The van der Waals surface area contributed by atoms with Crippen molar-refractivity contribution in [1.29, 1.82) is 0 Å². The Morgan fingerprint density at radius 2 is 1.40 bits per heavy atom. The Labute approximate surface area is 88.9 Å². The van der Waals surface area contributed by atoms with E-state index in [1.54, 1.807) is 0 Å². The molecule has 0 saturated carbocycles. The van der Waals surface area contributed by atoms with Crippen LogP contribution < -0.4 is 0 Å². The number of carbonyl (C=O) groups excluding carboxylic acids is 2. The van der Waals surface area contributed by atoms with Crippen LogP contribution in [-0.4, -0.2) is 63.9 Å². The van der Waals surface area contributed by atoms with E-state index in [2.05, 4.69) is 9.47 Å². The maximum atomic E-state index is 10.3. The van der Waals surface area contributed by atoms with Gasteiger partial charge in [-0.2, -0.15) is 0 Å². The predicted octanol–water partition coefficient (Wildman–Crippen LogP) is -1.19. The fourth-order valence-electron chi connectivity index (χ4n) is 0.262. The van der Waals surface area contributed by atoms with Crippen molar-refractivity contribution in [2.45, 2.75) is 6.42 Å². The van der Waals surface area contributed by atoms with Crippen molar-refractivity contribution in [3.8, 4) is 0 Å². The average molecular weight is 174 g/mol. The van der Waals surface area contributed by atoms with Gasteiger partial charge in [0.25, 0.3) is 0 Å². The third kappa shape index (κ3) is 6.32. The first-order valence-electron chi connectivity index (χ1n) is 2.34. The summed E-state index contributed by atoms with van der Waals surface area (Å²) in [6, 6.07) is 0. The molecule has 0 unspecified atom stereocenters. The Hall–Kier alpha value is 0.200. The molecular weight excluding hydrogens is 164 g/mol. The van der Waals surface area contributed by atoms with Crippen molar-refractivity contribution in [2.75, 3.05) is 14.2 Å². The van der Waals surface area contributed by atoms with Gasteiger partial charge in [-0.1, -0.05) is 0 Å². The van der Waals surface area contributed by atoms with Gasteiger partial charge in [0.2, 0.25) is 0 Å². The van der Waals surface area contributed by atoms with Crippen LogP contribution in [-0.2, 0) is 19.1 Å². The van der Waals surface area contributed by atoms with Crippen LogP contribution in [0.2, 0.25) is 0 Å². The zero-order valence-electron chi connectivity index (χ0n) is 5.34. The number of hydrogen-bond acceptors (Lipinski definition) is 4. The molecule has 0 spiro atoms. The van der Waals surface area contributed by atoms with Crippen LogP contribution in [0.3, 0.4) is 0 Å². The van der Waals surface area contributed by atoms with Crippen molar-refractivity contribution < 1.29 is 19.1 Å². The summed E-state index contributed by atoms with van der Waals surface area (Å²) >= 11 is 0. The molecule has 0 aromatic rings. The summed E-state index contributed by atoms with van der Waals surface area (Å²) in [5.41, 5.74) is 0. The van der Waals surface area contributed by atoms with E-state index in [9.17, 15) is 9.59 Å². The summed E-state index contributed by atoms with van der Waals surface area (Å²) in [6.07, 6.45) is -0.312. The van der Waals surface area contributed by atoms with Gasteiger partial charge in [-0.05, 0) is 0 Å². The summed E-state index contributed by atoms with van der Waals surface area (Å²) in [5, 5.41) is 0. The molecule has 0 fully saturated rings. The zero-order valence-corrected chi connectivity index (χ0v) is 5.34. The van der Waals surface area contributed by atoms with Crippen molar-refractivity contribution in [2.24, 2.45) is 0 Å². The quantitative estimate of drug-likeness (QED) is 0.300. The first-order chi connectivity index (χ1) is 4.20. The number of carbonyl (C=O) groups is 2. The van der Waals surface area contributed by atoms with Crippen LogP contribution in [0.5, 0.6) is 0 Å². The second-order valence-electron chi connectivity index (χ2n) is 1.33. The molecular formula is C5H10CaO4. The minimum absolute atomic E-state index is 0. The normalized spacial score (nSPS) is 7.40. The van der Waals surface area contributed by atoms with Gasteiger partial charge in [0.1, 0.15) is 6.42 Å². The van der Waals surface area contributed by atoms with E-state index >= 15 is 0 Å². The molecule has 56 valence electrons. The SMILES string of the molecule is COC(=O)CC(=O)OC.[CaH2]. The molecule has 0 atom stereocenters. The Balaban J connectivity index is 0. The fourth-order valence-corrected chi connectivity index (χ4v) is 0.262. The van der Waals surface area contributed by atoms with Gasteiger partial charge in [0.15, 0.2) is 0 Å². The topological polar surface area (TPSA) is 52.6 Å². The second kappa shape index (κ2) is 7.31. The van der Waals surface area contributed by atoms with Crippen LogP contribution in [0.15, 0.2) is 0 Å². The van der Waals surface area contributed by atoms with E-state index in [0.29, 0.717) is 0 Å². The van der Waals surface area contributed by atoms with Gasteiger partial charge < -0.3 is 9.47 Å². The van der Waals surface area contributed by atoms with Crippen molar-refractivity contribution in [1.82, 2.24) is 0 Å².